The highest BCUT2D eigenvalue weighted by atomic mass is 16.5. The number of carbonyl (C=O) groups is 1. The molecule has 4 aliphatic carbocycles. The number of hydrogen-bond acceptors (Lipinski definition) is 4. The van der Waals surface area contributed by atoms with Crippen LogP contribution in [0.1, 0.15) is 50.5 Å². The fraction of sp³-hybridized carbons (Fsp3) is 0.619. The maximum absolute atomic E-state index is 12.5. The highest BCUT2D eigenvalue weighted by molar-refractivity contribution is 5.85. The number of benzene rings is 1. The van der Waals surface area contributed by atoms with Crippen molar-refractivity contribution >= 4 is 12.1 Å². The smallest absolute Gasteiger partial charge is 0.240 e. The van der Waals surface area contributed by atoms with Gasteiger partial charge in [-0.25, -0.2) is 5.43 Å². The average Bonchev–Trinajstić information content (AvgIpc) is 2.60. The zero-order chi connectivity index (χ0) is 18.1. The summed E-state index contributed by atoms with van der Waals surface area (Å²) in [5.41, 5.74) is 3.78. The third kappa shape index (κ3) is 3.44. The second-order valence-electron chi connectivity index (χ2n) is 8.50. The molecule has 0 heterocycles. The van der Waals surface area contributed by atoms with Crippen molar-refractivity contribution in [2.24, 2.45) is 28.3 Å². The summed E-state index contributed by atoms with van der Waals surface area (Å²) < 4.78 is 10.5. The van der Waals surface area contributed by atoms with Crippen LogP contribution in [0.15, 0.2) is 23.3 Å². The van der Waals surface area contributed by atoms with Crippen LogP contribution in [0.4, 0.5) is 0 Å². The van der Waals surface area contributed by atoms with E-state index in [1.54, 1.807) is 26.5 Å². The lowest BCUT2D eigenvalue weighted by Crippen LogP contribution is -2.47. The average molecular weight is 356 g/mol. The zero-order valence-corrected chi connectivity index (χ0v) is 15.7. The van der Waals surface area contributed by atoms with Crippen LogP contribution < -0.4 is 14.9 Å². The summed E-state index contributed by atoms with van der Waals surface area (Å²) in [6, 6.07) is 5.52. The van der Waals surface area contributed by atoms with Gasteiger partial charge in [0.1, 0.15) is 11.5 Å². The molecule has 4 saturated carbocycles. The molecule has 4 aliphatic rings. The van der Waals surface area contributed by atoms with Gasteiger partial charge < -0.3 is 9.47 Å². The van der Waals surface area contributed by atoms with E-state index in [0.29, 0.717) is 12.2 Å². The molecule has 4 fully saturated rings. The monoisotopic (exact) mass is 356 g/mol. The van der Waals surface area contributed by atoms with E-state index in [2.05, 4.69) is 10.5 Å². The maximum atomic E-state index is 12.5. The van der Waals surface area contributed by atoms with Gasteiger partial charge in [0.2, 0.25) is 5.91 Å². The van der Waals surface area contributed by atoms with Gasteiger partial charge in [0.25, 0.3) is 0 Å². The molecule has 140 valence electrons. The van der Waals surface area contributed by atoms with Gasteiger partial charge in [0, 0.05) is 18.1 Å². The van der Waals surface area contributed by atoms with Gasteiger partial charge in [-0.1, -0.05) is 0 Å². The van der Waals surface area contributed by atoms with Crippen LogP contribution >= 0.6 is 0 Å². The number of ether oxygens (including phenoxy) is 2. The maximum Gasteiger partial charge on any atom is 0.240 e. The van der Waals surface area contributed by atoms with E-state index in [9.17, 15) is 4.79 Å². The Morgan fingerprint density at radius 1 is 1.15 bits per heavy atom. The summed E-state index contributed by atoms with van der Waals surface area (Å²) >= 11 is 0. The molecule has 0 spiro atoms. The molecular weight excluding hydrogens is 328 g/mol. The van der Waals surface area contributed by atoms with Crippen LogP contribution in [0.2, 0.25) is 0 Å². The molecule has 0 atom stereocenters. The van der Waals surface area contributed by atoms with E-state index in [1.165, 1.54) is 38.5 Å². The first-order chi connectivity index (χ1) is 12.6. The normalized spacial score (nSPS) is 32.0. The molecule has 0 radical (unpaired) electrons. The SMILES string of the molecule is COc1ccc(/C=N\NC(=O)CC23CC4CC(CC(C4)C2)C3)c(OC)c1. The number of nitrogens with zero attached hydrogens (tertiary/aromatic N) is 1. The van der Waals surface area contributed by atoms with Gasteiger partial charge in [0.15, 0.2) is 0 Å². The van der Waals surface area contributed by atoms with Crippen molar-refractivity contribution in [3.63, 3.8) is 0 Å². The second-order valence-corrected chi connectivity index (χ2v) is 8.50. The van der Waals surface area contributed by atoms with Gasteiger partial charge in [-0.15, -0.1) is 0 Å². The van der Waals surface area contributed by atoms with E-state index in [1.807, 2.05) is 12.1 Å². The van der Waals surface area contributed by atoms with Crippen molar-refractivity contribution in [1.29, 1.82) is 0 Å². The van der Waals surface area contributed by atoms with E-state index in [-0.39, 0.29) is 11.3 Å². The number of amides is 1. The van der Waals surface area contributed by atoms with E-state index < -0.39 is 0 Å². The molecule has 1 aromatic carbocycles. The highest BCUT2D eigenvalue weighted by Gasteiger charge is 2.51. The number of carbonyl (C=O) groups excluding carboxylic acids is 1. The minimum absolute atomic E-state index is 0.0377. The fourth-order valence-electron chi connectivity index (χ4n) is 5.99. The standard InChI is InChI=1S/C21H28N2O3/c1-25-18-4-3-17(19(8-18)26-2)13-22-23-20(24)12-21-9-14-5-15(10-21)7-16(6-14)11-21/h3-4,8,13-16H,5-7,9-12H2,1-2H3,(H,23,24)/b22-13-. The van der Waals surface area contributed by atoms with Gasteiger partial charge in [0.05, 0.1) is 20.4 Å². The lowest BCUT2D eigenvalue weighted by molar-refractivity contribution is -0.129. The van der Waals surface area contributed by atoms with Gasteiger partial charge in [-0.3, -0.25) is 4.79 Å². The summed E-state index contributed by atoms with van der Waals surface area (Å²) in [6.45, 7) is 0. The topological polar surface area (TPSA) is 59.9 Å². The van der Waals surface area contributed by atoms with Crippen molar-refractivity contribution < 1.29 is 14.3 Å². The lowest BCUT2D eigenvalue weighted by Gasteiger charge is -2.56. The van der Waals surface area contributed by atoms with E-state index >= 15 is 0 Å². The summed E-state index contributed by atoms with van der Waals surface area (Å²) in [4.78, 5) is 12.5. The predicted molar refractivity (Wildman–Crippen MR) is 101 cm³/mol. The Morgan fingerprint density at radius 2 is 1.81 bits per heavy atom. The third-order valence-corrected chi connectivity index (χ3v) is 6.53. The summed E-state index contributed by atoms with van der Waals surface area (Å²) in [5.74, 6) is 4.02. The highest BCUT2D eigenvalue weighted by Crippen LogP contribution is 2.61. The van der Waals surface area contributed by atoms with Crippen LogP contribution in [-0.4, -0.2) is 26.3 Å². The summed E-state index contributed by atoms with van der Waals surface area (Å²) in [7, 11) is 3.23. The Labute approximate surface area is 155 Å². The first kappa shape index (κ1) is 17.4. The van der Waals surface area contributed by atoms with Gasteiger partial charge in [-0.05, 0) is 73.8 Å². The zero-order valence-electron chi connectivity index (χ0n) is 15.7. The molecule has 0 unspecified atom stereocenters. The van der Waals surface area contributed by atoms with Crippen molar-refractivity contribution in [1.82, 2.24) is 5.43 Å². The first-order valence-electron chi connectivity index (χ1n) is 9.63. The lowest BCUT2D eigenvalue weighted by atomic mass is 9.49. The van der Waals surface area contributed by atoms with Crippen LogP contribution in [0.25, 0.3) is 0 Å². The Kier molecular flexibility index (Phi) is 4.63. The van der Waals surface area contributed by atoms with Crippen LogP contribution in [0.3, 0.4) is 0 Å². The molecule has 0 aromatic heterocycles. The molecule has 5 heteroatoms. The Bertz CT molecular complexity index is 678. The Hall–Kier alpha value is -2.04. The Morgan fingerprint density at radius 3 is 2.38 bits per heavy atom. The number of methoxy groups -OCH3 is 2. The minimum Gasteiger partial charge on any atom is -0.497 e. The predicted octanol–water partition coefficient (Wildman–Crippen LogP) is 3.76. The molecule has 26 heavy (non-hydrogen) atoms. The number of hydrazone groups is 1. The van der Waals surface area contributed by atoms with Crippen LogP contribution in [-0.2, 0) is 4.79 Å². The second kappa shape index (κ2) is 6.93. The van der Waals surface area contributed by atoms with Gasteiger partial charge in [-0.2, -0.15) is 5.10 Å². The summed E-state index contributed by atoms with van der Waals surface area (Å²) in [6.07, 6.45) is 10.2. The molecular formula is C21H28N2O3. The van der Waals surface area contributed by atoms with Crippen molar-refractivity contribution in [3.05, 3.63) is 23.8 Å². The first-order valence-corrected chi connectivity index (χ1v) is 9.63. The molecule has 4 bridgehead atoms. The minimum atomic E-state index is 0.0377. The molecule has 5 nitrogen and oxygen atoms in total. The van der Waals surface area contributed by atoms with E-state index in [4.69, 9.17) is 9.47 Å². The number of rotatable bonds is 6. The molecule has 0 saturated heterocycles. The molecule has 5 rings (SSSR count). The van der Waals surface area contributed by atoms with E-state index in [0.717, 1.165) is 29.1 Å². The fourth-order valence-corrected chi connectivity index (χ4v) is 5.99. The van der Waals surface area contributed by atoms with Crippen molar-refractivity contribution in [2.75, 3.05) is 14.2 Å². The molecule has 0 aliphatic heterocycles. The van der Waals surface area contributed by atoms with Crippen molar-refractivity contribution in [3.8, 4) is 11.5 Å². The van der Waals surface area contributed by atoms with Crippen LogP contribution in [0.5, 0.6) is 11.5 Å². The summed E-state index contributed by atoms with van der Waals surface area (Å²) in [5, 5.41) is 4.16. The quantitative estimate of drug-likeness (QED) is 0.624. The molecule has 1 N–H and O–H groups in total. The van der Waals surface area contributed by atoms with Crippen molar-refractivity contribution in [2.45, 2.75) is 44.9 Å². The third-order valence-electron chi connectivity index (χ3n) is 6.53. The van der Waals surface area contributed by atoms with Crippen LogP contribution in [0, 0.1) is 23.2 Å². The molecule has 1 aromatic rings. The number of nitrogens with one attached hydrogen (secondary N) is 1. The van der Waals surface area contributed by atoms with Gasteiger partial charge >= 0.3 is 0 Å². The largest absolute Gasteiger partial charge is 0.497 e. The number of hydrogen-bond donors (Lipinski definition) is 1. The Balaban J connectivity index is 1.36. The molecule has 1 amide bonds.